The third-order valence-corrected chi connectivity index (χ3v) is 6.62. The van der Waals surface area contributed by atoms with Crippen molar-refractivity contribution in [3.8, 4) is 5.88 Å². The van der Waals surface area contributed by atoms with Crippen molar-refractivity contribution in [3.05, 3.63) is 47.0 Å². The monoisotopic (exact) mass is 436 g/mol. The number of benzene rings is 1. The number of piperidine rings is 1. The minimum atomic E-state index is -0.572. The van der Waals surface area contributed by atoms with Crippen molar-refractivity contribution in [1.29, 1.82) is 0 Å². The van der Waals surface area contributed by atoms with Gasteiger partial charge >= 0.3 is 5.56 Å². The fourth-order valence-corrected chi connectivity index (χ4v) is 4.89. The third kappa shape index (κ3) is 2.89. The number of aryl methyl sites for hydroxylation is 2. The van der Waals surface area contributed by atoms with Crippen LogP contribution in [0.3, 0.4) is 0 Å². The van der Waals surface area contributed by atoms with Crippen LogP contribution < -0.4 is 30.0 Å². The van der Waals surface area contributed by atoms with Gasteiger partial charge in [0.1, 0.15) is 5.54 Å². The van der Waals surface area contributed by atoms with Gasteiger partial charge in [-0.25, -0.2) is 4.57 Å². The summed E-state index contributed by atoms with van der Waals surface area (Å²) in [5.41, 5.74) is 1.23. The van der Waals surface area contributed by atoms with Crippen molar-refractivity contribution < 1.29 is 14.1 Å². The number of para-hydroxylation sites is 1. The molecule has 2 aliphatic rings. The molecule has 0 saturated carbocycles. The van der Waals surface area contributed by atoms with Gasteiger partial charge in [-0.2, -0.15) is 4.98 Å². The quantitative estimate of drug-likeness (QED) is 0.582. The topological polar surface area (TPSA) is 96.5 Å². The molecule has 2 aromatic heterocycles. The molecule has 4 heterocycles. The number of methoxy groups -OCH3 is 1. The molecule has 10 heteroatoms. The molecular weight excluding hydrogens is 410 g/mol. The van der Waals surface area contributed by atoms with E-state index in [1.165, 1.54) is 11.7 Å². The summed E-state index contributed by atoms with van der Waals surface area (Å²) in [6.45, 7) is 1.84. The van der Waals surface area contributed by atoms with E-state index in [1.54, 1.807) is 13.4 Å². The summed E-state index contributed by atoms with van der Waals surface area (Å²) in [5.74, 6) is 0.962. The van der Waals surface area contributed by atoms with Crippen molar-refractivity contribution in [1.82, 2.24) is 19.9 Å². The molecule has 32 heavy (non-hydrogen) atoms. The predicted molar refractivity (Wildman–Crippen MR) is 119 cm³/mol. The zero-order chi connectivity index (χ0) is 22.5. The molecule has 10 nitrogen and oxygen atoms in total. The highest BCUT2D eigenvalue weighted by Crippen LogP contribution is 2.37. The van der Waals surface area contributed by atoms with E-state index in [-0.39, 0.29) is 17.3 Å². The number of aromatic nitrogens is 4. The van der Waals surface area contributed by atoms with Crippen LogP contribution >= 0.6 is 0 Å². The molecule has 2 aliphatic heterocycles. The maximum atomic E-state index is 13.0. The number of nitrogens with zero attached hydrogens (tertiary/aromatic N) is 6. The first-order chi connectivity index (χ1) is 15.5. The molecule has 1 amide bonds. The number of hydrogen-bond acceptors (Lipinski definition) is 7. The van der Waals surface area contributed by atoms with Crippen LogP contribution in [0.4, 0.5) is 11.5 Å². The molecule has 1 N–H and O–H groups in total. The number of carbonyl (C=O) groups excluding carboxylic acids is 1. The molecule has 166 valence electrons. The van der Waals surface area contributed by atoms with Crippen molar-refractivity contribution in [2.45, 2.75) is 18.4 Å². The molecule has 0 atom stereocenters. The largest absolute Gasteiger partial charge is 0.477 e. The lowest BCUT2D eigenvalue weighted by Gasteiger charge is -2.42. The van der Waals surface area contributed by atoms with Gasteiger partial charge < -0.3 is 15.0 Å². The molecular formula is C22H26N7O3+. The molecule has 0 unspecified atom stereocenters. The van der Waals surface area contributed by atoms with Gasteiger partial charge in [0, 0.05) is 25.6 Å². The summed E-state index contributed by atoms with van der Waals surface area (Å²) in [6.07, 6.45) is 3.02. The minimum absolute atomic E-state index is 0.0353. The molecule has 2 fully saturated rings. The Bertz CT molecular complexity index is 1250. The number of ether oxygens (including phenoxy) is 1. The SMILES string of the molecule is COc1nc2c(N3CCC4(CC3)C(=O)NCN4c3ccccc3)[n+](C)cnc2n(C)c1=O. The first kappa shape index (κ1) is 20.2. The van der Waals surface area contributed by atoms with Gasteiger partial charge in [0.2, 0.25) is 17.9 Å². The van der Waals surface area contributed by atoms with Gasteiger partial charge in [0.25, 0.3) is 11.7 Å². The number of hydrogen-bond donors (Lipinski definition) is 1. The average molecular weight is 436 g/mol. The van der Waals surface area contributed by atoms with E-state index in [1.807, 2.05) is 41.9 Å². The fourth-order valence-electron chi connectivity index (χ4n) is 4.89. The lowest BCUT2D eigenvalue weighted by Crippen LogP contribution is -2.57. The van der Waals surface area contributed by atoms with Gasteiger partial charge in [-0.3, -0.25) is 19.1 Å². The summed E-state index contributed by atoms with van der Waals surface area (Å²) < 4.78 is 8.57. The first-order valence-electron chi connectivity index (χ1n) is 10.6. The van der Waals surface area contributed by atoms with Crippen molar-refractivity contribution in [2.75, 3.05) is 36.7 Å². The van der Waals surface area contributed by atoms with Crippen molar-refractivity contribution >= 4 is 28.6 Å². The van der Waals surface area contributed by atoms with Crippen LogP contribution in [-0.4, -0.2) is 52.8 Å². The Labute approximate surface area is 185 Å². The number of carbonyl (C=O) groups is 1. The van der Waals surface area contributed by atoms with E-state index in [4.69, 9.17) is 4.74 Å². The summed E-state index contributed by atoms with van der Waals surface area (Å²) in [7, 11) is 5.01. The van der Waals surface area contributed by atoms with Gasteiger partial charge in [-0.05, 0) is 12.1 Å². The highest BCUT2D eigenvalue weighted by molar-refractivity contribution is 5.94. The molecule has 5 rings (SSSR count). The van der Waals surface area contributed by atoms with Crippen molar-refractivity contribution in [3.63, 3.8) is 0 Å². The Morgan fingerprint density at radius 3 is 2.56 bits per heavy atom. The van der Waals surface area contributed by atoms with Crippen LogP contribution in [0.25, 0.3) is 11.2 Å². The van der Waals surface area contributed by atoms with Crippen LogP contribution in [-0.2, 0) is 18.9 Å². The van der Waals surface area contributed by atoms with E-state index in [2.05, 4.69) is 25.1 Å². The summed E-state index contributed by atoms with van der Waals surface area (Å²) in [4.78, 5) is 38.7. The molecule has 0 radical (unpaired) electrons. The van der Waals surface area contributed by atoms with Crippen LogP contribution in [0.5, 0.6) is 5.88 Å². The molecule has 0 aliphatic carbocycles. The Morgan fingerprint density at radius 1 is 1.16 bits per heavy atom. The average Bonchev–Trinajstić information content (AvgIpc) is 3.13. The summed E-state index contributed by atoms with van der Waals surface area (Å²) in [5, 5.41) is 3.04. The second kappa shape index (κ2) is 7.47. The lowest BCUT2D eigenvalue weighted by atomic mass is 9.85. The molecule has 3 aromatic rings. The van der Waals surface area contributed by atoms with E-state index in [0.29, 0.717) is 43.8 Å². The Kier molecular flexibility index (Phi) is 4.72. The highest BCUT2D eigenvalue weighted by Gasteiger charge is 2.51. The van der Waals surface area contributed by atoms with Gasteiger partial charge in [-0.15, -0.1) is 0 Å². The number of rotatable bonds is 3. The zero-order valence-electron chi connectivity index (χ0n) is 18.4. The van der Waals surface area contributed by atoms with Crippen LogP contribution in [0.1, 0.15) is 12.8 Å². The van der Waals surface area contributed by atoms with Gasteiger partial charge in [0.05, 0.1) is 33.9 Å². The lowest BCUT2D eigenvalue weighted by molar-refractivity contribution is -0.660. The maximum absolute atomic E-state index is 13.0. The minimum Gasteiger partial charge on any atom is -0.477 e. The van der Waals surface area contributed by atoms with Crippen LogP contribution in [0.15, 0.2) is 41.5 Å². The van der Waals surface area contributed by atoms with Crippen molar-refractivity contribution in [2.24, 2.45) is 14.1 Å². The second-order valence-corrected chi connectivity index (χ2v) is 8.28. The number of amides is 1. The Hall–Kier alpha value is -3.69. The predicted octanol–water partition coefficient (Wildman–Crippen LogP) is 0.0945. The normalized spacial score (nSPS) is 17.8. The smallest absolute Gasteiger partial charge is 0.315 e. The van der Waals surface area contributed by atoms with Gasteiger partial charge in [0.15, 0.2) is 5.52 Å². The number of nitrogens with one attached hydrogen (secondary N) is 1. The Morgan fingerprint density at radius 2 is 1.88 bits per heavy atom. The maximum Gasteiger partial charge on any atom is 0.315 e. The van der Waals surface area contributed by atoms with Gasteiger partial charge in [-0.1, -0.05) is 23.2 Å². The second-order valence-electron chi connectivity index (χ2n) is 8.28. The zero-order valence-corrected chi connectivity index (χ0v) is 18.4. The fraction of sp³-hybridized carbons (Fsp3) is 0.409. The summed E-state index contributed by atoms with van der Waals surface area (Å²) in [6, 6.07) is 10.1. The van der Waals surface area contributed by atoms with E-state index in [9.17, 15) is 9.59 Å². The standard InChI is InChI=1S/C22H25N7O3/c1-26-13-23-17-16(25-18(32-3)20(30)27(17)2)19(26)28-11-9-22(10-12-28)21(31)24-14-29(22)15-7-5-4-6-8-15/h4-8,13H,9-12,14H2,1-3H3/p+1. The Balaban J connectivity index is 1.52. The molecule has 2 saturated heterocycles. The van der Waals surface area contributed by atoms with Crippen LogP contribution in [0, 0.1) is 0 Å². The highest BCUT2D eigenvalue weighted by atomic mass is 16.5. The third-order valence-electron chi connectivity index (χ3n) is 6.62. The number of fused-ring (bicyclic) bond motifs is 1. The summed E-state index contributed by atoms with van der Waals surface area (Å²) >= 11 is 0. The van der Waals surface area contributed by atoms with E-state index >= 15 is 0 Å². The molecule has 0 bridgehead atoms. The van der Waals surface area contributed by atoms with Crippen LogP contribution in [0.2, 0.25) is 0 Å². The number of anilines is 2. The van der Waals surface area contributed by atoms with E-state index < -0.39 is 5.54 Å². The first-order valence-corrected chi connectivity index (χ1v) is 10.6. The van der Waals surface area contributed by atoms with E-state index in [0.717, 1.165) is 11.5 Å². The molecule has 1 aromatic carbocycles. The molecule has 1 spiro atoms.